The second-order valence-corrected chi connectivity index (χ2v) is 7.47. The zero-order valence-electron chi connectivity index (χ0n) is 15.9. The van der Waals surface area contributed by atoms with Crippen LogP contribution in [-0.4, -0.2) is 31.2 Å². The molecular weight excluding hydrogens is 342 g/mol. The molecule has 0 unspecified atom stereocenters. The van der Waals surface area contributed by atoms with Crippen LogP contribution in [0.5, 0.6) is 5.75 Å². The van der Waals surface area contributed by atoms with Crippen LogP contribution in [0.1, 0.15) is 51.2 Å². The first-order chi connectivity index (χ1) is 12.8. The van der Waals surface area contributed by atoms with Gasteiger partial charge in [-0.15, -0.1) is 15.0 Å². The lowest BCUT2D eigenvalue weighted by atomic mass is 9.80. The van der Waals surface area contributed by atoms with Gasteiger partial charge in [-0.1, -0.05) is 39.0 Å². The van der Waals surface area contributed by atoms with E-state index in [-0.39, 0.29) is 17.6 Å². The number of phenolic OH excluding ortho intramolecular Hbond substituents is 1. The predicted molar refractivity (Wildman–Crippen MR) is 104 cm³/mol. The summed E-state index contributed by atoms with van der Waals surface area (Å²) in [6, 6.07) is 11.4. The van der Waals surface area contributed by atoms with Crippen LogP contribution >= 0.6 is 0 Å². The number of aromatic nitrogens is 3. The summed E-state index contributed by atoms with van der Waals surface area (Å²) in [6.07, 6.45) is 2.13. The largest absolute Gasteiger partial charge is 0.505 e. The number of nitrogens with zero attached hydrogens (tertiary/aromatic N) is 3. The third-order valence-electron chi connectivity index (χ3n) is 5.12. The lowest BCUT2D eigenvalue weighted by Gasteiger charge is -2.26. The van der Waals surface area contributed by atoms with E-state index >= 15 is 0 Å². The van der Waals surface area contributed by atoms with E-state index in [9.17, 15) is 9.90 Å². The molecule has 27 heavy (non-hydrogen) atoms. The van der Waals surface area contributed by atoms with Gasteiger partial charge in [0.2, 0.25) is 0 Å². The van der Waals surface area contributed by atoms with E-state index in [4.69, 9.17) is 5.11 Å². The van der Waals surface area contributed by atoms with E-state index in [0.29, 0.717) is 18.5 Å². The van der Waals surface area contributed by atoms with E-state index in [1.165, 1.54) is 4.80 Å². The number of rotatable bonds is 7. The van der Waals surface area contributed by atoms with Crippen LogP contribution in [0.4, 0.5) is 0 Å². The van der Waals surface area contributed by atoms with Crippen molar-refractivity contribution in [3.8, 4) is 11.4 Å². The van der Waals surface area contributed by atoms with Crippen LogP contribution in [0.2, 0.25) is 0 Å². The smallest absolute Gasteiger partial charge is 0.303 e. The highest BCUT2D eigenvalue weighted by atomic mass is 16.4. The third-order valence-corrected chi connectivity index (χ3v) is 5.12. The van der Waals surface area contributed by atoms with Crippen LogP contribution in [0, 0.1) is 0 Å². The average Bonchev–Trinajstić information content (AvgIpc) is 3.06. The van der Waals surface area contributed by atoms with E-state index in [1.54, 1.807) is 0 Å². The summed E-state index contributed by atoms with van der Waals surface area (Å²) in [5, 5.41) is 28.9. The SMILES string of the molecule is CCC(C)(C)c1cc(CCCC(=O)O)cc(-n2nc3ccccc3n2)c1O. The lowest BCUT2D eigenvalue weighted by Crippen LogP contribution is -2.17. The molecule has 0 amide bonds. The standard InChI is InChI=1S/C21H25N3O3/c1-4-21(2,3)15-12-14(8-7-11-19(25)26)13-18(20(15)27)24-22-16-9-5-6-10-17(16)23-24/h5-6,9-10,12-13,27H,4,7-8,11H2,1-3H3,(H,25,26). The van der Waals surface area contributed by atoms with Crippen molar-refractivity contribution in [2.45, 2.75) is 51.9 Å². The zero-order chi connectivity index (χ0) is 19.6. The summed E-state index contributed by atoms with van der Waals surface area (Å²) < 4.78 is 0. The van der Waals surface area contributed by atoms with Gasteiger partial charge in [0.15, 0.2) is 0 Å². The molecule has 0 fully saturated rings. The first-order valence-corrected chi connectivity index (χ1v) is 9.22. The second kappa shape index (κ2) is 7.39. The number of hydrogen-bond donors (Lipinski definition) is 2. The summed E-state index contributed by atoms with van der Waals surface area (Å²) >= 11 is 0. The fraction of sp³-hybridized carbons (Fsp3) is 0.381. The Morgan fingerprint density at radius 1 is 1.15 bits per heavy atom. The molecule has 0 radical (unpaired) electrons. The first kappa shape index (κ1) is 18.9. The Labute approximate surface area is 158 Å². The Morgan fingerprint density at radius 3 is 2.33 bits per heavy atom. The fourth-order valence-corrected chi connectivity index (χ4v) is 3.09. The van der Waals surface area contributed by atoms with Crippen molar-refractivity contribution in [2.24, 2.45) is 0 Å². The molecular formula is C21H25N3O3. The molecule has 2 N–H and O–H groups in total. The maximum atomic E-state index is 11.0. The minimum atomic E-state index is -0.803. The van der Waals surface area contributed by atoms with Crippen molar-refractivity contribution in [3.63, 3.8) is 0 Å². The molecule has 0 bridgehead atoms. The van der Waals surface area contributed by atoms with Crippen molar-refractivity contribution >= 4 is 17.0 Å². The number of aryl methyl sites for hydroxylation is 1. The zero-order valence-corrected chi connectivity index (χ0v) is 15.9. The van der Waals surface area contributed by atoms with E-state index < -0.39 is 5.97 Å². The summed E-state index contributed by atoms with van der Waals surface area (Å²) in [5.41, 5.74) is 3.61. The Balaban J connectivity index is 2.10. The van der Waals surface area contributed by atoms with Gasteiger partial charge < -0.3 is 10.2 Å². The molecule has 142 valence electrons. The van der Waals surface area contributed by atoms with Gasteiger partial charge in [0.1, 0.15) is 22.5 Å². The van der Waals surface area contributed by atoms with Gasteiger partial charge in [-0.2, -0.15) is 0 Å². The van der Waals surface area contributed by atoms with Crippen molar-refractivity contribution in [3.05, 3.63) is 47.5 Å². The van der Waals surface area contributed by atoms with Gasteiger partial charge in [0.25, 0.3) is 0 Å². The highest BCUT2D eigenvalue weighted by Crippen LogP contribution is 2.38. The van der Waals surface area contributed by atoms with E-state index in [1.807, 2.05) is 36.4 Å². The molecule has 0 atom stereocenters. The number of carbonyl (C=O) groups is 1. The molecule has 1 heterocycles. The molecule has 0 saturated heterocycles. The molecule has 1 aromatic heterocycles. The first-order valence-electron chi connectivity index (χ1n) is 9.22. The van der Waals surface area contributed by atoms with Gasteiger partial charge in [0.05, 0.1) is 0 Å². The Kier molecular flexibility index (Phi) is 5.17. The normalized spacial score (nSPS) is 11.8. The monoisotopic (exact) mass is 367 g/mol. The number of phenols is 1. The topological polar surface area (TPSA) is 88.2 Å². The Hall–Kier alpha value is -2.89. The summed E-state index contributed by atoms with van der Waals surface area (Å²) in [7, 11) is 0. The molecule has 6 heteroatoms. The molecule has 0 saturated carbocycles. The highest BCUT2D eigenvalue weighted by molar-refractivity contribution is 5.74. The van der Waals surface area contributed by atoms with Crippen LogP contribution in [0.25, 0.3) is 16.7 Å². The Bertz CT molecular complexity index is 943. The van der Waals surface area contributed by atoms with Crippen LogP contribution in [-0.2, 0) is 16.6 Å². The van der Waals surface area contributed by atoms with Crippen LogP contribution in [0.15, 0.2) is 36.4 Å². The Morgan fingerprint density at radius 2 is 1.78 bits per heavy atom. The highest BCUT2D eigenvalue weighted by Gasteiger charge is 2.25. The number of hydrogen-bond acceptors (Lipinski definition) is 4. The van der Waals surface area contributed by atoms with Crippen molar-refractivity contribution < 1.29 is 15.0 Å². The van der Waals surface area contributed by atoms with Crippen molar-refractivity contribution in [1.29, 1.82) is 0 Å². The number of aliphatic carboxylic acids is 1. The number of carboxylic acids is 1. The quantitative estimate of drug-likeness (QED) is 0.653. The molecule has 3 aromatic rings. The maximum absolute atomic E-state index is 11.0. The third kappa shape index (κ3) is 3.94. The van der Waals surface area contributed by atoms with Gasteiger partial charge in [0, 0.05) is 12.0 Å². The fourth-order valence-electron chi connectivity index (χ4n) is 3.09. The maximum Gasteiger partial charge on any atom is 0.303 e. The molecule has 0 spiro atoms. The predicted octanol–water partition coefficient (Wildman–Crippen LogP) is 4.22. The minimum Gasteiger partial charge on any atom is -0.505 e. The number of benzene rings is 2. The second-order valence-electron chi connectivity index (χ2n) is 7.47. The number of aromatic hydroxyl groups is 1. The van der Waals surface area contributed by atoms with E-state index in [0.717, 1.165) is 28.6 Å². The minimum absolute atomic E-state index is 0.118. The van der Waals surface area contributed by atoms with Gasteiger partial charge >= 0.3 is 5.97 Å². The number of fused-ring (bicyclic) bond motifs is 1. The molecule has 0 aliphatic carbocycles. The van der Waals surface area contributed by atoms with Crippen molar-refractivity contribution in [2.75, 3.05) is 0 Å². The summed E-state index contributed by atoms with van der Waals surface area (Å²) in [6.45, 7) is 6.25. The lowest BCUT2D eigenvalue weighted by molar-refractivity contribution is -0.137. The average molecular weight is 367 g/mol. The summed E-state index contributed by atoms with van der Waals surface area (Å²) in [4.78, 5) is 12.3. The van der Waals surface area contributed by atoms with E-state index in [2.05, 4.69) is 31.0 Å². The number of carboxylic acid groups (broad SMARTS) is 1. The molecule has 3 rings (SSSR count). The van der Waals surface area contributed by atoms with Crippen LogP contribution in [0.3, 0.4) is 0 Å². The summed E-state index contributed by atoms with van der Waals surface area (Å²) in [5.74, 6) is -0.632. The molecule has 2 aromatic carbocycles. The van der Waals surface area contributed by atoms with Crippen molar-refractivity contribution in [1.82, 2.24) is 15.0 Å². The molecule has 0 aliphatic rings. The molecule has 0 aliphatic heterocycles. The van der Waals surface area contributed by atoms with Gasteiger partial charge in [-0.3, -0.25) is 4.79 Å². The van der Waals surface area contributed by atoms with Gasteiger partial charge in [-0.05, 0) is 48.4 Å². The van der Waals surface area contributed by atoms with Gasteiger partial charge in [-0.25, -0.2) is 0 Å². The molecule has 6 nitrogen and oxygen atoms in total. The van der Waals surface area contributed by atoms with Crippen LogP contribution < -0.4 is 0 Å².